The lowest BCUT2D eigenvalue weighted by molar-refractivity contribution is -0.129. The highest BCUT2D eigenvalue weighted by atomic mass is 16.5. The molecule has 2 aromatic carbocycles. The third-order valence-corrected chi connectivity index (χ3v) is 3.57. The second-order valence-corrected chi connectivity index (χ2v) is 4.69. The van der Waals surface area contributed by atoms with Gasteiger partial charge < -0.3 is 14.3 Å². The predicted octanol–water partition coefficient (Wildman–Crippen LogP) is 2.32. The zero-order valence-electron chi connectivity index (χ0n) is 10.2. The Balaban J connectivity index is 2.09. The summed E-state index contributed by atoms with van der Waals surface area (Å²) in [6, 6.07) is 12.0. The number of rotatable bonds is 3. The normalized spacial score (nSPS) is 17.2. The fraction of sp³-hybridized carbons (Fsp3) is 0.267. The molecule has 0 radical (unpaired) electrons. The van der Waals surface area contributed by atoms with Gasteiger partial charge in [-0.1, -0.05) is 18.2 Å². The molecule has 18 heavy (non-hydrogen) atoms. The lowest BCUT2D eigenvalue weighted by Gasteiger charge is -2.36. The van der Waals surface area contributed by atoms with Crippen LogP contribution < -0.4 is 4.74 Å². The van der Waals surface area contributed by atoms with Gasteiger partial charge in [-0.3, -0.25) is 0 Å². The molecule has 0 aliphatic carbocycles. The summed E-state index contributed by atoms with van der Waals surface area (Å²) < 4.78 is 10.4. The van der Waals surface area contributed by atoms with E-state index in [1.165, 1.54) is 0 Å². The van der Waals surface area contributed by atoms with Crippen LogP contribution >= 0.6 is 0 Å². The third-order valence-electron chi connectivity index (χ3n) is 3.57. The van der Waals surface area contributed by atoms with E-state index in [2.05, 4.69) is 6.07 Å². The van der Waals surface area contributed by atoms with Gasteiger partial charge in [0.25, 0.3) is 0 Å². The van der Waals surface area contributed by atoms with Crippen LogP contribution in [0.3, 0.4) is 0 Å². The first kappa shape index (κ1) is 11.2. The van der Waals surface area contributed by atoms with Crippen molar-refractivity contribution in [3.05, 3.63) is 42.0 Å². The number of hydrogen-bond donors (Lipinski definition) is 0. The Morgan fingerprint density at radius 2 is 1.89 bits per heavy atom. The van der Waals surface area contributed by atoms with Crippen molar-refractivity contribution in [2.45, 2.75) is 5.41 Å². The smallest absolute Gasteiger partial charge is 0.135 e. The van der Waals surface area contributed by atoms with Gasteiger partial charge in [-0.05, 0) is 34.5 Å². The van der Waals surface area contributed by atoms with Gasteiger partial charge in [0, 0.05) is 0 Å². The zero-order chi connectivity index (χ0) is 12.6. The Bertz CT molecular complexity index is 600. The molecule has 0 N–H and O–H groups in total. The van der Waals surface area contributed by atoms with Crippen LogP contribution in [0.25, 0.3) is 10.8 Å². The Morgan fingerprint density at radius 1 is 1.17 bits per heavy atom. The Kier molecular flexibility index (Phi) is 2.56. The van der Waals surface area contributed by atoms with Crippen molar-refractivity contribution in [3.8, 4) is 5.75 Å². The van der Waals surface area contributed by atoms with E-state index in [1.807, 2.05) is 30.3 Å². The lowest BCUT2D eigenvalue weighted by Crippen LogP contribution is -2.48. The molecule has 0 atom stereocenters. The highest BCUT2D eigenvalue weighted by Crippen LogP contribution is 2.32. The summed E-state index contributed by atoms with van der Waals surface area (Å²) in [4.78, 5) is 11.2. The monoisotopic (exact) mass is 242 g/mol. The first-order valence-electron chi connectivity index (χ1n) is 5.90. The number of aldehydes is 1. The molecule has 1 aliphatic heterocycles. The fourth-order valence-electron chi connectivity index (χ4n) is 2.29. The van der Waals surface area contributed by atoms with Gasteiger partial charge in [-0.15, -0.1) is 0 Å². The van der Waals surface area contributed by atoms with Gasteiger partial charge in [-0.2, -0.15) is 0 Å². The van der Waals surface area contributed by atoms with E-state index in [0.29, 0.717) is 13.2 Å². The molecule has 0 saturated carbocycles. The molecule has 92 valence electrons. The maximum atomic E-state index is 11.2. The standard InChI is InChI=1S/C15H14O3/c1-17-14-5-3-11-6-13(4-2-12(11)7-14)15(8-16)9-18-10-15/h2-8H,9-10H2,1H3. The molecule has 0 amide bonds. The Morgan fingerprint density at radius 3 is 2.50 bits per heavy atom. The van der Waals surface area contributed by atoms with E-state index in [9.17, 15) is 4.79 Å². The van der Waals surface area contributed by atoms with Gasteiger partial charge in [0.2, 0.25) is 0 Å². The van der Waals surface area contributed by atoms with Crippen LogP contribution in [0, 0.1) is 0 Å². The minimum absolute atomic E-state index is 0.436. The predicted molar refractivity (Wildman–Crippen MR) is 69.1 cm³/mol. The van der Waals surface area contributed by atoms with E-state index in [0.717, 1.165) is 28.4 Å². The second-order valence-electron chi connectivity index (χ2n) is 4.69. The van der Waals surface area contributed by atoms with Gasteiger partial charge in [-0.25, -0.2) is 0 Å². The molecule has 3 heteroatoms. The molecule has 1 heterocycles. The van der Waals surface area contributed by atoms with Crippen molar-refractivity contribution in [2.75, 3.05) is 20.3 Å². The summed E-state index contributed by atoms with van der Waals surface area (Å²) in [6.07, 6.45) is 1.00. The number of carbonyl (C=O) groups is 1. The molecular formula is C15H14O3. The van der Waals surface area contributed by atoms with Gasteiger partial charge in [0.15, 0.2) is 0 Å². The molecule has 0 unspecified atom stereocenters. The van der Waals surface area contributed by atoms with E-state index in [-0.39, 0.29) is 0 Å². The first-order valence-corrected chi connectivity index (χ1v) is 5.90. The van der Waals surface area contributed by atoms with E-state index in [4.69, 9.17) is 9.47 Å². The average Bonchev–Trinajstić information content (AvgIpc) is 2.37. The number of ether oxygens (including phenoxy) is 2. The molecular weight excluding hydrogens is 228 g/mol. The SMILES string of the molecule is COc1ccc2cc(C3(C=O)COC3)ccc2c1. The average molecular weight is 242 g/mol. The van der Waals surface area contributed by atoms with Gasteiger partial charge in [0.05, 0.1) is 25.7 Å². The Labute approximate surface area is 105 Å². The van der Waals surface area contributed by atoms with Crippen molar-refractivity contribution in [2.24, 2.45) is 0 Å². The highest BCUT2D eigenvalue weighted by molar-refractivity contribution is 5.86. The second kappa shape index (κ2) is 4.10. The molecule has 1 fully saturated rings. The summed E-state index contributed by atoms with van der Waals surface area (Å²) in [5.41, 5.74) is 0.593. The maximum Gasteiger partial charge on any atom is 0.135 e. The van der Waals surface area contributed by atoms with Crippen molar-refractivity contribution >= 4 is 17.1 Å². The van der Waals surface area contributed by atoms with Crippen LogP contribution in [0.5, 0.6) is 5.75 Å². The van der Waals surface area contributed by atoms with Crippen molar-refractivity contribution < 1.29 is 14.3 Å². The van der Waals surface area contributed by atoms with Crippen molar-refractivity contribution in [1.82, 2.24) is 0 Å². The minimum atomic E-state index is -0.436. The first-order chi connectivity index (χ1) is 8.77. The number of methoxy groups -OCH3 is 1. The number of hydrogen-bond acceptors (Lipinski definition) is 3. The third kappa shape index (κ3) is 1.59. The van der Waals surface area contributed by atoms with Crippen LogP contribution in [0.4, 0.5) is 0 Å². The van der Waals surface area contributed by atoms with E-state index in [1.54, 1.807) is 7.11 Å². The molecule has 3 nitrogen and oxygen atoms in total. The van der Waals surface area contributed by atoms with Gasteiger partial charge >= 0.3 is 0 Å². The largest absolute Gasteiger partial charge is 0.497 e. The number of carbonyl (C=O) groups excluding carboxylic acids is 1. The van der Waals surface area contributed by atoms with Crippen molar-refractivity contribution in [3.63, 3.8) is 0 Å². The summed E-state index contributed by atoms with van der Waals surface area (Å²) in [7, 11) is 1.66. The van der Waals surface area contributed by atoms with E-state index < -0.39 is 5.41 Å². The quantitative estimate of drug-likeness (QED) is 0.775. The van der Waals surface area contributed by atoms with Crippen LogP contribution in [0.2, 0.25) is 0 Å². The molecule has 3 rings (SSSR count). The van der Waals surface area contributed by atoms with Crippen LogP contribution in [0.1, 0.15) is 5.56 Å². The van der Waals surface area contributed by atoms with Gasteiger partial charge in [0.1, 0.15) is 12.0 Å². The van der Waals surface area contributed by atoms with E-state index >= 15 is 0 Å². The lowest BCUT2D eigenvalue weighted by atomic mass is 9.79. The molecule has 0 aromatic heterocycles. The van der Waals surface area contributed by atoms with Crippen LogP contribution in [-0.4, -0.2) is 26.6 Å². The number of benzene rings is 2. The summed E-state index contributed by atoms with van der Waals surface area (Å²) in [5.74, 6) is 0.840. The Hall–Kier alpha value is -1.87. The molecule has 1 saturated heterocycles. The maximum absolute atomic E-state index is 11.2. The molecule has 2 aromatic rings. The van der Waals surface area contributed by atoms with Crippen LogP contribution in [0.15, 0.2) is 36.4 Å². The molecule has 0 spiro atoms. The summed E-state index contributed by atoms with van der Waals surface area (Å²) in [6.45, 7) is 0.969. The van der Waals surface area contributed by atoms with Crippen LogP contribution in [-0.2, 0) is 14.9 Å². The highest BCUT2D eigenvalue weighted by Gasteiger charge is 2.40. The zero-order valence-corrected chi connectivity index (χ0v) is 10.2. The number of fused-ring (bicyclic) bond motifs is 1. The summed E-state index contributed by atoms with van der Waals surface area (Å²) in [5, 5.41) is 2.22. The fourth-order valence-corrected chi connectivity index (χ4v) is 2.29. The topological polar surface area (TPSA) is 35.5 Å². The van der Waals surface area contributed by atoms with Crippen molar-refractivity contribution in [1.29, 1.82) is 0 Å². The molecule has 0 bridgehead atoms. The summed E-state index contributed by atoms with van der Waals surface area (Å²) >= 11 is 0. The minimum Gasteiger partial charge on any atom is -0.497 e. The molecule has 1 aliphatic rings.